The van der Waals surface area contributed by atoms with Crippen molar-refractivity contribution in [2.24, 2.45) is 5.92 Å². The SMILES string of the molecule is CC(C)CCC(=O)NC1CCC(C(F)(F)F)NC1. The minimum absolute atomic E-state index is 0.0264. The molecule has 0 aliphatic carbocycles. The minimum Gasteiger partial charge on any atom is -0.352 e. The molecule has 0 radical (unpaired) electrons. The maximum atomic E-state index is 12.4. The fraction of sp³-hybridized carbons (Fsp3) is 0.917. The number of halogens is 3. The Hall–Kier alpha value is -0.780. The van der Waals surface area contributed by atoms with Gasteiger partial charge in [-0.15, -0.1) is 0 Å². The van der Waals surface area contributed by atoms with Gasteiger partial charge in [-0.25, -0.2) is 0 Å². The fourth-order valence-corrected chi connectivity index (χ4v) is 1.98. The minimum atomic E-state index is -4.19. The quantitative estimate of drug-likeness (QED) is 0.819. The largest absolute Gasteiger partial charge is 0.403 e. The zero-order valence-corrected chi connectivity index (χ0v) is 10.8. The lowest BCUT2D eigenvalue weighted by Gasteiger charge is -2.31. The maximum Gasteiger partial charge on any atom is 0.403 e. The number of carbonyl (C=O) groups is 1. The highest BCUT2D eigenvalue weighted by Gasteiger charge is 2.41. The fourth-order valence-electron chi connectivity index (χ4n) is 1.98. The molecule has 3 nitrogen and oxygen atoms in total. The normalized spacial score (nSPS) is 25.2. The van der Waals surface area contributed by atoms with Gasteiger partial charge in [-0.2, -0.15) is 13.2 Å². The third kappa shape index (κ3) is 5.25. The molecule has 106 valence electrons. The summed E-state index contributed by atoms with van der Waals surface area (Å²) < 4.78 is 37.2. The molecule has 1 heterocycles. The predicted octanol–water partition coefficient (Wildman–Crippen LogP) is 2.22. The van der Waals surface area contributed by atoms with Gasteiger partial charge in [0, 0.05) is 19.0 Å². The molecule has 1 saturated heterocycles. The number of carbonyl (C=O) groups excluding carboxylic acids is 1. The molecular weight excluding hydrogens is 245 g/mol. The Labute approximate surface area is 106 Å². The lowest BCUT2D eigenvalue weighted by atomic mass is 10.00. The third-order valence-electron chi connectivity index (χ3n) is 3.12. The van der Waals surface area contributed by atoms with Gasteiger partial charge in [0.2, 0.25) is 5.91 Å². The van der Waals surface area contributed by atoms with Crippen LogP contribution in [0.25, 0.3) is 0 Å². The van der Waals surface area contributed by atoms with Crippen molar-refractivity contribution in [1.29, 1.82) is 0 Å². The van der Waals surface area contributed by atoms with E-state index in [0.717, 1.165) is 6.42 Å². The van der Waals surface area contributed by atoms with Crippen LogP contribution in [0.3, 0.4) is 0 Å². The van der Waals surface area contributed by atoms with E-state index in [2.05, 4.69) is 10.6 Å². The average molecular weight is 266 g/mol. The number of hydrogen-bond donors (Lipinski definition) is 2. The first-order valence-electron chi connectivity index (χ1n) is 6.38. The maximum absolute atomic E-state index is 12.4. The van der Waals surface area contributed by atoms with Crippen molar-refractivity contribution in [2.75, 3.05) is 6.54 Å². The Morgan fingerprint density at radius 3 is 2.50 bits per heavy atom. The summed E-state index contributed by atoms with van der Waals surface area (Å²) in [7, 11) is 0. The summed E-state index contributed by atoms with van der Waals surface area (Å²) in [6.45, 7) is 4.25. The number of nitrogens with one attached hydrogen (secondary N) is 2. The second-order valence-corrected chi connectivity index (χ2v) is 5.28. The topological polar surface area (TPSA) is 41.1 Å². The first-order valence-corrected chi connectivity index (χ1v) is 6.38. The van der Waals surface area contributed by atoms with Crippen molar-refractivity contribution < 1.29 is 18.0 Å². The molecule has 1 aliphatic heterocycles. The standard InChI is InChI=1S/C12H21F3N2O/c1-8(2)3-6-11(18)17-9-4-5-10(16-7-9)12(13,14)15/h8-10,16H,3-7H2,1-2H3,(H,17,18). The Balaban J connectivity index is 2.25. The highest BCUT2D eigenvalue weighted by molar-refractivity contribution is 5.76. The van der Waals surface area contributed by atoms with E-state index in [9.17, 15) is 18.0 Å². The van der Waals surface area contributed by atoms with Crippen molar-refractivity contribution in [2.45, 2.75) is 57.8 Å². The van der Waals surface area contributed by atoms with Gasteiger partial charge in [0.05, 0.1) is 0 Å². The van der Waals surface area contributed by atoms with Crippen molar-refractivity contribution in [3.63, 3.8) is 0 Å². The number of piperidine rings is 1. The lowest BCUT2D eigenvalue weighted by Crippen LogP contribution is -2.54. The third-order valence-corrected chi connectivity index (χ3v) is 3.12. The Bertz CT molecular complexity index is 271. The van der Waals surface area contributed by atoms with Gasteiger partial charge in [0.25, 0.3) is 0 Å². The molecule has 0 aromatic heterocycles. The van der Waals surface area contributed by atoms with Crippen LogP contribution < -0.4 is 10.6 Å². The van der Waals surface area contributed by atoms with E-state index in [4.69, 9.17) is 0 Å². The van der Waals surface area contributed by atoms with Crippen LogP contribution in [-0.2, 0) is 4.79 Å². The first-order chi connectivity index (χ1) is 8.29. The molecule has 2 N–H and O–H groups in total. The van der Waals surface area contributed by atoms with E-state index < -0.39 is 12.2 Å². The van der Waals surface area contributed by atoms with Gasteiger partial charge in [0.15, 0.2) is 0 Å². The highest BCUT2D eigenvalue weighted by Crippen LogP contribution is 2.26. The predicted molar refractivity (Wildman–Crippen MR) is 63.1 cm³/mol. The summed E-state index contributed by atoms with van der Waals surface area (Å²) >= 11 is 0. The highest BCUT2D eigenvalue weighted by atomic mass is 19.4. The van der Waals surface area contributed by atoms with Gasteiger partial charge in [-0.05, 0) is 25.2 Å². The van der Waals surface area contributed by atoms with E-state index in [-0.39, 0.29) is 24.9 Å². The molecule has 1 aliphatic rings. The molecule has 1 rings (SSSR count). The second-order valence-electron chi connectivity index (χ2n) is 5.28. The Kier molecular flexibility index (Phi) is 5.44. The van der Waals surface area contributed by atoms with E-state index in [1.807, 2.05) is 13.8 Å². The molecule has 0 saturated carbocycles. The number of alkyl halides is 3. The van der Waals surface area contributed by atoms with E-state index >= 15 is 0 Å². The summed E-state index contributed by atoms with van der Waals surface area (Å²) in [6, 6.07) is -1.61. The van der Waals surface area contributed by atoms with Crippen molar-refractivity contribution >= 4 is 5.91 Å². The molecule has 1 fully saturated rings. The molecule has 6 heteroatoms. The summed E-state index contributed by atoms with van der Waals surface area (Å²) in [6.07, 6.45) is -2.54. The molecule has 2 atom stereocenters. The van der Waals surface area contributed by atoms with Gasteiger partial charge >= 0.3 is 6.18 Å². The molecule has 0 aromatic rings. The smallest absolute Gasteiger partial charge is 0.352 e. The second kappa shape index (κ2) is 6.41. The average Bonchev–Trinajstić information content (AvgIpc) is 2.26. The Morgan fingerprint density at radius 1 is 1.39 bits per heavy atom. The van der Waals surface area contributed by atoms with E-state index in [1.165, 1.54) is 0 Å². The molecule has 1 amide bonds. The van der Waals surface area contributed by atoms with Crippen LogP contribution >= 0.6 is 0 Å². The van der Waals surface area contributed by atoms with E-state index in [0.29, 0.717) is 18.8 Å². The molecule has 0 aromatic carbocycles. The van der Waals surface area contributed by atoms with Crippen molar-refractivity contribution in [1.82, 2.24) is 10.6 Å². The zero-order chi connectivity index (χ0) is 13.8. The van der Waals surface area contributed by atoms with Crippen molar-refractivity contribution in [3.05, 3.63) is 0 Å². The summed E-state index contributed by atoms with van der Waals surface area (Å²) in [5.74, 6) is 0.385. The van der Waals surface area contributed by atoms with Crippen LogP contribution in [0.2, 0.25) is 0 Å². The Morgan fingerprint density at radius 2 is 2.06 bits per heavy atom. The molecular formula is C12H21F3N2O. The van der Waals surface area contributed by atoms with Gasteiger partial charge < -0.3 is 10.6 Å². The van der Waals surface area contributed by atoms with Gasteiger partial charge in [-0.1, -0.05) is 13.8 Å². The first kappa shape index (κ1) is 15.3. The van der Waals surface area contributed by atoms with Crippen LogP contribution in [0.4, 0.5) is 13.2 Å². The molecule has 18 heavy (non-hydrogen) atoms. The molecule has 0 bridgehead atoms. The summed E-state index contributed by atoms with van der Waals surface area (Å²) in [5, 5.41) is 5.22. The molecule has 0 spiro atoms. The number of amides is 1. The van der Waals surface area contributed by atoms with Crippen molar-refractivity contribution in [3.8, 4) is 0 Å². The van der Waals surface area contributed by atoms with E-state index in [1.54, 1.807) is 0 Å². The van der Waals surface area contributed by atoms with Gasteiger partial charge in [0.1, 0.15) is 6.04 Å². The monoisotopic (exact) mass is 266 g/mol. The van der Waals surface area contributed by atoms with Crippen LogP contribution in [-0.4, -0.2) is 30.7 Å². The van der Waals surface area contributed by atoms with Crippen LogP contribution in [0.15, 0.2) is 0 Å². The van der Waals surface area contributed by atoms with Crippen LogP contribution in [0.5, 0.6) is 0 Å². The number of rotatable bonds is 4. The number of hydrogen-bond acceptors (Lipinski definition) is 2. The lowest BCUT2D eigenvalue weighted by molar-refractivity contribution is -0.161. The summed E-state index contributed by atoms with van der Waals surface area (Å²) in [4.78, 5) is 11.5. The van der Waals surface area contributed by atoms with Crippen LogP contribution in [0, 0.1) is 5.92 Å². The molecule has 2 unspecified atom stereocenters. The van der Waals surface area contributed by atoms with Gasteiger partial charge in [-0.3, -0.25) is 4.79 Å². The summed E-state index contributed by atoms with van der Waals surface area (Å²) in [5.41, 5.74) is 0. The zero-order valence-electron chi connectivity index (χ0n) is 10.8. The van der Waals surface area contributed by atoms with Crippen LogP contribution in [0.1, 0.15) is 39.5 Å².